The Balaban J connectivity index is 2.23. The van der Waals surface area contributed by atoms with Crippen LogP contribution in [-0.2, 0) is 10.0 Å². The molecule has 2 N–H and O–H groups in total. The maximum atomic E-state index is 12.1. The summed E-state index contributed by atoms with van der Waals surface area (Å²) in [5.41, 5.74) is 0.896. The van der Waals surface area contributed by atoms with Crippen molar-refractivity contribution < 1.29 is 18.3 Å². The lowest BCUT2D eigenvalue weighted by atomic mass is 10.1. The van der Waals surface area contributed by atoms with E-state index in [1.165, 1.54) is 4.31 Å². The van der Waals surface area contributed by atoms with Gasteiger partial charge in [0.1, 0.15) is 0 Å². The molecule has 0 bridgehead atoms. The minimum atomic E-state index is -3.29. The van der Waals surface area contributed by atoms with Gasteiger partial charge in [-0.3, -0.25) is 9.10 Å². The molecule has 0 saturated carbocycles. The molecule has 0 radical (unpaired) electrons. The Morgan fingerprint density at radius 1 is 1.43 bits per heavy atom. The van der Waals surface area contributed by atoms with Crippen molar-refractivity contribution in [1.29, 1.82) is 0 Å². The fraction of sp³-hybridized carbons (Fsp3) is 0.500. The van der Waals surface area contributed by atoms with Crippen molar-refractivity contribution in [3.8, 4) is 0 Å². The number of hydrogen-bond donors (Lipinski definition) is 2. The molecule has 0 aliphatic carbocycles. The van der Waals surface area contributed by atoms with Gasteiger partial charge in [-0.25, -0.2) is 8.42 Å². The van der Waals surface area contributed by atoms with Gasteiger partial charge in [0.25, 0.3) is 5.91 Å². The summed E-state index contributed by atoms with van der Waals surface area (Å²) >= 11 is 0. The molecule has 1 fully saturated rings. The number of nitrogens with zero attached hydrogens (tertiary/aromatic N) is 1. The predicted octanol–water partition coefficient (Wildman–Crippen LogP) is 0.727. The summed E-state index contributed by atoms with van der Waals surface area (Å²) in [5.74, 6) is -0.182. The lowest BCUT2D eigenvalue weighted by Gasteiger charge is -2.28. The first-order chi connectivity index (χ1) is 9.94. The number of aliphatic hydroxyl groups is 1. The number of anilines is 1. The molecule has 2 rings (SSSR count). The maximum Gasteiger partial charge on any atom is 0.251 e. The van der Waals surface area contributed by atoms with Crippen LogP contribution in [-0.4, -0.2) is 44.4 Å². The highest BCUT2D eigenvalue weighted by Gasteiger charge is 2.26. The van der Waals surface area contributed by atoms with Crippen molar-refractivity contribution >= 4 is 21.6 Å². The number of nitrogens with one attached hydrogen (secondary N) is 1. The number of aliphatic hydroxyl groups excluding tert-OH is 1. The highest BCUT2D eigenvalue weighted by molar-refractivity contribution is 7.92. The second-order valence-electron chi connectivity index (χ2n) is 5.20. The minimum Gasteiger partial charge on any atom is -0.394 e. The Labute approximate surface area is 124 Å². The summed E-state index contributed by atoms with van der Waals surface area (Å²) < 4.78 is 25.5. The molecule has 116 valence electrons. The largest absolute Gasteiger partial charge is 0.394 e. The molecule has 1 saturated heterocycles. The smallest absolute Gasteiger partial charge is 0.251 e. The monoisotopic (exact) mass is 312 g/mol. The van der Waals surface area contributed by atoms with E-state index in [0.717, 1.165) is 6.42 Å². The Kier molecular flexibility index (Phi) is 4.84. The van der Waals surface area contributed by atoms with Gasteiger partial charge >= 0.3 is 0 Å². The van der Waals surface area contributed by atoms with Gasteiger partial charge in [0.2, 0.25) is 10.0 Å². The number of benzene rings is 1. The summed E-state index contributed by atoms with van der Waals surface area (Å²) in [6, 6.07) is 6.20. The van der Waals surface area contributed by atoms with Gasteiger partial charge in [0.05, 0.1) is 18.0 Å². The molecule has 0 spiro atoms. The number of carbonyl (C=O) groups is 1. The third-order valence-electron chi connectivity index (χ3n) is 3.40. The van der Waals surface area contributed by atoms with Gasteiger partial charge < -0.3 is 10.4 Å². The molecule has 7 heteroatoms. The highest BCUT2D eigenvalue weighted by Crippen LogP contribution is 2.24. The number of hydrogen-bond acceptors (Lipinski definition) is 4. The molecule has 0 aromatic heterocycles. The van der Waals surface area contributed by atoms with Crippen LogP contribution in [0, 0.1) is 0 Å². The maximum absolute atomic E-state index is 12.1. The summed E-state index contributed by atoms with van der Waals surface area (Å²) in [5, 5.41) is 11.6. The van der Waals surface area contributed by atoms with E-state index >= 15 is 0 Å². The lowest BCUT2D eigenvalue weighted by Crippen LogP contribution is -2.38. The molecule has 21 heavy (non-hydrogen) atoms. The zero-order valence-corrected chi connectivity index (χ0v) is 12.8. The average Bonchev–Trinajstić information content (AvgIpc) is 2.46. The molecule has 1 aromatic carbocycles. The summed E-state index contributed by atoms with van der Waals surface area (Å²) in [6.07, 6.45) is 1.49. The predicted molar refractivity (Wildman–Crippen MR) is 80.8 cm³/mol. The second-order valence-corrected chi connectivity index (χ2v) is 7.22. The molecular weight excluding hydrogens is 292 g/mol. The van der Waals surface area contributed by atoms with Crippen molar-refractivity contribution in [2.45, 2.75) is 25.8 Å². The van der Waals surface area contributed by atoms with E-state index in [9.17, 15) is 13.2 Å². The topological polar surface area (TPSA) is 86.7 Å². The van der Waals surface area contributed by atoms with Crippen molar-refractivity contribution in [3.63, 3.8) is 0 Å². The van der Waals surface area contributed by atoms with E-state index in [0.29, 0.717) is 24.2 Å². The fourth-order valence-electron chi connectivity index (χ4n) is 2.23. The van der Waals surface area contributed by atoms with Crippen LogP contribution in [0.1, 0.15) is 30.1 Å². The summed E-state index contributed by atoms with van der Waals surface area (Å²) in [7, 11) is -3.29. The van der Waals surface area contributed by atoms with E-state index in [2.05, 4.69) is 5.32 Å². The molecule has 1 heterocycles. The van der Waals surface area contributed by atoms with Crippen molar-refractivity contribution in [2.24, 2.45) is 0 Å². The van der Waals surface area contributed by atoms with Gasteiger partial charge in [0.15, 0.2) is 0 Å². The first-order valence-electron chi connectivity index (χ1n) is 6.96. The van der Waals surface area contributed by atoms with E-state index in [-0.39, 0.29) is 24.3 Å². The molecule has 1 aliphatic heterocycles. The fourth-order valence-corrected chi connectivity index (χ4v) is 3.87. The second kappa shape index (κ2) is 6.44. The number of rotatable bonds is 4. The van der Waals surface area contributed by atoms with Crippen LogP contribution < -0.4 is 9.62 Å². The van der Waals surface area contributed by atoms with Gasteiger partial charge in [-0.2, -0.15) is 0 Å². The standard InChI is InChI=1S/C14H20N2O4S/c1-11(10-17)15-14(18)12-5-4-6-13(9-12)16-7-2-3-8-21(16,19)20/h4-6,9,11,17H,2-3,7-8,10H2,1H3,(H,15,18)/t11-/m0/s1. The third-order valence-corrected chi connectivity index (χ3v) is 5.27. The Bertz CT molecular complexity index is 615. The van der Waals surface area contributed by atoms with Gasteiger partial charge in [-0.15, -0.1) is 0 Å². The Morgan fingerprint density at radius 2 is 2.19 bits per heavy atom. The third kappa shape index (κ3) is 3.74. The van der Waals surface area contributed by atoms with Crippen LogP contribution in [0.4, 0.5) is 5.69 Å². The van der Waals surface area contributed by atoms with E-state index < -0.39 is 10.0 Å². The lowest BCUT2D eigenvalue weighted by molar-refractivity contribution is 0.0922. The minimum absolute atomic E-state index is 0.144. The Morgan fingerprint density at radius 3 is 2.86 bits per heavy atom. The van der Waals surface area contributed by atoms with Crippen LogP contribution in [0.5, 0.6) is 0 Å². The quantitative estimate of drug-likeness (QED) is 0.858. The van der Waals surface area contributed by atoms with Crippen LogP contribution in [0.2, 0.25) is 0 Å². The molecule has 1 amide bonds. The average molecular weight is 312 g/mol. The van der Waals surface area contributed by atoms with Crippen LogP contribution >= 0.6 is 0 Å². The SMILES string of the molecule is C[C@@H](CO)NC(=O)c1cccc(N2CCCCS2(=O)=O)c1. The molecule has 1 aliphatic rings. The molecule has 6 nitrogen and oxygen atoms in total. The van der Waals surface area contributed by atoms with Crippen LogP contribution in [0.25, 0.3) is 0 Å². The Hall–Kier alpha value is -1.60. The highest BCUT2D eigenvalue weighted by atomic mass is 32.2. The van der Waals surface area contributed by atoms with Crippen LogP contribution in [0.3, 0.4) is 0 Å². The van der Waals surface area contributed by atoms with Crippen molar-refractivity contribution in [3.05, 3.63) is 29.8 Å². The molecular formula is C14H20N2O4S. The van der Waals surface area contributed by atoms with E-state index in [4.69, 9.17) is 5.11 Å². The molecule has 1 aromatic rings. The molecule has 1 atom stereocenters. The summed E-state index contributed by atoms with van der Waals surface area (Å²) in [4.78, 5) is 12.0. The van der Waals surface area contributed by atoms with Crippen molar-refractivity contribution in [2.75, 3.05) is 23.2 Å². The first kappa shape index (κ1) is 15.8. The zero-order chi connectivity index (χ0) is 15.5. The van der Waals surface area contributed by atoms with Gasteiger partial charge in [-0.05, 0) is 38.0 Å². The normalized spacial score (nSPS) is 19.0. The summed E-state index contributed by atoms with van der Waals surface area (Å²) in [6.45, 7) is 1.99. The first-order valence-corrected chi connectivity index (χ1v) is 8.57. The van der Waals surface area contributed by atoms with E-state index in [1.54, 1.807) is 31.2 Å². The van der Waals surface area contributed by atoms with Crippen LogP contribution in [0.15, 0.2) is 24.3 Å². The zero-order valence-electron chi connectivity index (χ0n) is 11.9. The number of carbonyl (C=O) groups excluding carboxylic acids is 1. The van der Waals surface area contributed by atoms with Crippen molar-refractivity contribution in [1.82, 2.24) is 5.32 Å². The molecule has 0 unspecified atom stereocenters. The van der Waals surface area contributed by atoms with E-state index in [1.807, 2.05) is 0 Å². The number of sulfonamides is 1. The van der Waals surface area contributed by atoms with Gasteiger partial charge in [-0.1, -0.05) is 6.07 Å². The van der Waals surface area contributed by atoms with Gasteiger partial charge in [0, 0.05) is 18.2 Å². The number of amides is 1.